The monoisotopic (exact) mass is 450 g/mol. The largest absolute Gasteiger partial charge is 0.378 e. The highest BCUT2D eigenvalue weighted by Gasteiger charge is 2.20. The van der Waals surface area contributed by atoms with E-state index in [1.54, 1.807) is 0 Å². The molecule has 1 aliphatic rings. The first kappa shape index (κ1) is 16.1. The zero-order valence-electron chi connectivity index (χ0n) is 13.0. The van der Waals surface area contributed by atoms with E-state index < -0.39 is 0 Å². The summed E-state index contributed by atoms with van der Waals surface area (Å²) in [4.78, 5) is 14.6. The molecule has 6 heteroatoms. The maximum atomic E-state index is 12.7. The van der Waals surface area contributed by atoms with Crippen LogP contribution < -0.4 is 0 Å². The second-order valence-electron chi connectivity index (χ2n) is 5.90. The number of carbonyl (C=O) groups is 1. The van der Waals surface area contributed by atoms with Crippen LogP contribution >= 0.6 is 31.9 Å². The van der Waals surface area contributed by atoms with Gasteiger partial charge >= 0.3 is 0 Å². The normalized spacial score (nSPS) is 15.3. The summed E-state index contributed by atoms with van der Waals surface area (Å²) in [5.74, 6) is 0.136. The van der Waals surface area contributed by atoms with Gasteiger partial charge in [0.15, 0.2) is 0 Å². The molecule has 1 aliphatic heterocycles. The summed E-state index contributed by atoms with van der Waals surface area (Å²) in [7, 11) is 0. The number of hydrogen-bond donors (Lipinski definition) is 0. The van der Waals surface area contributed by atoms with Gasteiger partial charge in [0.05, 0.1) is 24.2 Å². The molecule has 0 N–H and O–H groups in total. The van der Waals surface area contributed by atoms with Crippen LogP contribution in [-0.4, -0.2) is 41.7 Å². The number of benzene rings is 2. The van der Waals surface area contributed by atoms with Crippen molar-refractivity contribution in [2.45, 2.75) is 6.54 Å². The van der Waals surface area contributed by atoms with E-state index >= 15 is 0 Å². The van der Waals surface area contributed by atoms with Gasteiger partial charge in [-0.25, -0.2) is 0 Å². The van der Waals surface area contributed by atoms with Gasteiger partial charge in [0, 0.05) is 32.8 Å². The third-order valence-corrected chi connectivity index (χ3v) is 5.43. The van der Waals surface area contributed by atoms with E-state index in [9.17, 15) is 4.79 Å². The van der Waals surface area contributed by atoms with Crippen LogP contribution in [0.5, 0.6) is 0 Å². The lowest BCUT2D eigenvalue weighted by molar-refractivity contribution is -0.135. The summed E-state index contributed by atoms with van der Waals surface area (Å²) < 4.78 is 9.48. The molecule has 2 aromatic carbocycles. The van der Waals surface area contributed by atoms with Crippen LogP contribution in [0.25, 0.3) is 21.8 Å². The van der Waals surface area contributed by atoms with E-state index in [1.165, 1.54) is 0 Å². The van der Waals surface area contributed by atoms with Gasteiger partial charge in [-0.15, -0.1) is 0 Å². The Balaban J connectivity index is 1.83. The molecule has 1 amide bonds. The molecule has 2 heterocycles. The van der Waals surface area contributed by atoms with E-state index in [0.717, 1.165) is 30.8 Å². The van der Waals surface area contributed by atoms with Crippen LogP contribution in [-0.2, 0) is 16.1 Å². The Hall–Kier alpha value is -1.37. The molecular formula is C18H16Br2N2O2. The first-order chi connectivity index (χ1) is 11.6. The maximum absolute atomic E-state index is 12.7. The lowest BCUT2D eigenvalue weighted by atomic mass is 10.2. The standard InChI is InChI=1S/C18H16Br2N2O2/c19-12-1-3-14-15-4-2-13(20)10-17(15)22(16(14)9-12)11-18(23)21-5-7-24-8-6-21/h1-4,9-10H,5-8,11H2. The molecule has 1 fully saturated rings. The molecule has 124 valence electrons. The Labute approximate surface area is 156 Å². The molecule has 0 saturated carbocycles. The van der Waals surface area contributed by atoms with Crippen molar-refractivity contribution in [3.8, 4) is 0 Å². The lowest BCUT2D eigenvalue weighted by Gasteiger charge is -2.27. The van der Waals surface area contributed by atoms with Crippen molar-refractivity contribution >= 4 is 59.6 Å². The van der Waals surface area contributed by atoms with Gasteiger partial charge in [0.1, 0.15) is 6.54 Å². The smallest absolute Gasteiger partial charge is 0.242 e. The predicted octanol–water partition coefficient (Wildman–Crippen LogP) is 4.18. The van der Waals surface area contributed by atoms with Crippen LogP contribution in [0.1, 0.15) is 0 Å². The van der Waals surface area contributed by atoms with E-state index in [1.807, 2.05) is 17.0 Å². The minimum absolute atomic E-state index is 0.136. The van der Waals surface area contributed by atoms with Crippen molar-refractivity contribution in [2.24, 2.45) is 0 Å². The number of amides is 1. The molecule has 0 unspecified atom stereocenters. The second kappa shape index (κ2) is 6.50. The van der Waals surface area contributed by atoms with E-state index in [-0.39, 0.29) is 5.91 Å². The average molecular weight is 452 g/mol. The summed E-state index contributed by atoms with van der Waals surface area (Å²) in [6.07, 6.45) is 0. The summed E-state index contributed by atoms with van der Waals surface area (Å²) in [5.41, 5.74) is 2.14. The van der Waals surface area contributed by atoms with Gasteiger partial charge in [-0.05, 0) is 24.3 Å². The molecule has 3 aromatic rings. The van der Waals surface area contributed by atoms with E-state index in [0.29, 0.717) is 32.8 Å². The Morgan fingerprint density at radius 2 is 1.50 bits per heavy atom. The molecule has 0 atom stereocenters. The molecule has 4 nitrogen and oxygen atoms in total. The fourth-order valence-corrected chi connectivity index (χ4v) is 3.96. The van der Waals surface area contributed by atoms with Gasteiger partial charge in [0.25, 0.3) is 0 Å². The minimum atomic E-state index is 0.136. The number of ether oxygens (including phenoxy) is 1. The maximum Gasteiger partial charge on any atom is 0.242 e. The number of morpholine rings is 1. The van der Waals surface area contributed by atoms with Crippen LogP contribution in [0, 0.1) is 0 Å². The Bertz CT molecular complexity index is 870. The zero-order valence-corrected chi connectivity index (χ0v) is 16.1. The first-order valence-electron chi connectivity index (χ1n) is 7.86. The molecular weight excluding hydrogens is 436 g/mol. The van der Waals surface area contributed by atoms with Crippen molar-refractivity contribution in [3.05, 3.63) is 45.3 Å². The first-order valence-corrected chi connectivity index (χ1v) is 9.44. The predicted molar refractivity (Wildman–Crippen MR) is 102 cm³/mol. The van der Waals surface area contributed by atoms with Crippen molar-refractivity contribution in [3.63, 3.8) is 0 Å². The van der Waals surface area contributed by atoms with Crippen molar-refractivity contribution < 1.29 is 9.53 Å². The van der Waals surface area contributed by atoms with Crippen molar-refractivity contribution in [1.29, 1.82) is 0 Å². The summed E-state index contributed by atoms with van der Waals surface area (Å²) in [6, 6.07) is 12.4. The van der Waals surface area contributed by atoms with Gasteiger partial charge in [-0.1, -0.05) is 44.0 Å². The number of fused-ring (bicyclic) bond motifs is 3. The third-order valence-electron chi connectivity index (χ3n) is 4.45. The number of nitrogens with zero attached hydrogens (tertiary/aromatic N) is 2. The number of halogens is 2. The molecule has 0 spiro atoms. The molecule has 0 aliphatic carbocycles. The topological polar surface area (TPSA) is 34.5 Å². The van der Waals surface area contributed by atoms with Crippen LogP contribution in [0.3, 0.4) is 0 Å². The van der Waals surface area contributed by atoms with Crippen molar-refractivity contribution in [2.75, 3.05) is 26.3 Å². The molecule has 0 bridgehead atoms. The quantitative estimate of drug-likeness (QED) is 0.585. The molecule has 1 aromatic heterocycles. The highest BCUT2D eigenvalue weighted by atomic mass is 79.9. The number of aromatic nitrogens is 1. The molecule has 1 saturated heterocycles. The fourth-order valence-electron chi connectivity index (χ4n) is 3.26. The zero-order chi connectivity index (χ0) is 16.7. The highest BCUT2D eigenvalue weighted by molar-refractivity contribution is 9.10. The molecule has 4 rings (SSSR count). The van der Waals surface area contributed by atoms with Crippen LogP contribution in [0.4, 0.5) is 0 Å². The summed E-state index contributed by atoms with van der Waals surface area (Å²) >= 11 is 7.09. The third kappa shape index (κ3) is 2.87. The number of rotatable bonds is 2. The van der Waals surface area contributed by atoms with E-state index in [2.05, 4.69) is 60.7 Å². The van der Waals surface area contributed by atoms with Gasteiger partial charge in [0.2, 0.25) is 5.91 Å². The Kier molecular flexibility index (Phi) is 4.37. The molecule has 24 heavy (non-hydrogen) atoms. The SMILES string of the molecule is O=C(Cn1c2cc(Br)ccc2c2ccc(Br)cc21)N1CCOCC1. The Morgan fingerprint density at radius 1 is 0.958 bits per heavy atom. The number of carbonyl (C=O) groups excluding carboxylic acids is 1. The van der Waals surface area contributed by atoms with Crippen molar-refractivity contribution in [1.82, 2.24) is 9.47 Å². The van der Waals surface area contributed by atoms with E-state index in [4.69, 9.17) is 4.74 Å². The average Bonchev–Trinajstić information content (AvgIpc) is 2.88. The Morgan fingerprint density at radius 3 is 2.04 bits per heavy atom. The molecule has 0 radical (unpaired) electrons. The summed E-state index contributed by atoms with van der Waals surface area (Å²) in [6.45, 7) is 2.92. The summed E-state index contributed by atoms with van der Waals surface area (Å²) in [5, 5.41) is 2.32. The number of hydrogen-bond acceptors (Lipinski definition) is 2. The lowest BCUT2D eigenvalue weighted by Crippen LogP contribution is -2.42. The van der Waals surface area contributed by atoms with Gasteiger partial charge in [-0.2, -0.15) is 0 Å². The highest BCUT2D eigenvalue weighted by Crippen LogP contribution is 2.32. The minimum Gasteiger partial charge on any atom is -0.378 e. The fraction of sp³-hybridized carbons (Fsp3) is 0.278. The van der Waals surface area contributed by atoms with Crippen LogP contribution in [0.2, 0.25) is 0 Å². The second-order valence-corrected chi connectivity index (χ2v) is 7.73. The van der Waals surface area contributed by atoms with Gasteiger partial charge in [-0.3, -0.25) is 4.79 Å². The van der Waals surface area contributed by atoms with Crippen LogP contribution in [0.15, 0.2) is 45.3 Å². The van der Waals surface area contributed by atoms with Gasteiger partial charge < -0.3 is 14.2 Å².